The minimum atomic E-state index is 0.891. The van der Waals surface area contributed by atoms with Crippen LogP contribution in [0.3, 0.4) is 0 Å². The molecule has 0 amide bonds. The van der Waals surface area contributed by atoms with Crippen molar-refractivity contribution in [3.63, 3.8) is 0 Å². The monoisotopic (exact) mass is 211 g/mol. The predicted octanol–water partition coefficient (Wildman–Crippen LogP) is 0.257. The molecule has 1 aromatic rings. The van der Waals surface area contributed by atoms with Gasteiger partial charge in [-0.1, -0.05) is 6.92 Å². The Kier molecular flexibility index (Phi) is 6.77. The highest BCUT2D eigenvalue weighted by Gasteiger charge is 1.91. The Hall–Kier alpha value is -0.940. The summed E-state index contributed by atoms with van der Waals surface area (Å²) in [5, 5.41) is 10.8. The van der Waals surface area contributed by atoms with E-state index in [0.29, 0.717) is 0 Å². The van der Waals surface area contributed by atoms with Crippen LogP contribution < -0.4 is 10.6 Å². The zero-order valence-electron chi connectivity index (χ0n) is 9.45. The summed E-state index contributed by atoms with van der Waals surface area (Å²) >= 11 is 0. The van der Waals surface area contributed by atoms with E-state index in [2.05, 4.69) is 27.6 Å². The molecule has 0 radical (unpaired) electrons. The van der Waals surface area contributed by atoms with Gasteiger partial charge in [0, 0.05) is 6.54 Å². The van der Waals surface area contributed by atoms with E-state index in [-0.39, 0.29) is 0 Å². The molecule has 0 aliphatic heterocycles. The van der Waals surface area contributed by atoms with Gasteiger partial charge in [-0.25, -0.2) is 4.98 Å². The Morgan fingerprint density at radius 2 is 1.93 bits per heavy atom. The quantitative estimate of drug-likeness (QED) is 0.575. The van der Waals surface area contributed by atoms with E-state index in [1.807, 2.05) is 4.68 Å². The highest BCUT2D eigenvalue weighted by atomic mass is 15.3. The fourth-order valence-electron chi connectivity index (χ4n) is 1.31. The van der Waals surface area contributed by atoms with Crippen LogP contribution in [0.5, 0.6) is 0 Å². The van der Waals surface area contributed by atoms with Gasteiger partial charge in [0.25, 0.3) is 0 Å². The van der Waals surface area contributed by atoms with Crippen LogP contribution in [0.1, 0.15) is 19.8 Å². The van der Waals surface area contributed by atoms with Gasteiger partial charge in [-0.05, 0) is 32.5 Å². The fraction of sp³-hybridized carbons (Fsp3) is 0.800. The number of hydrogen-bond acceptors (Lipinski definition) is 4. The molecule has 5 heteroatoms. The van der Waals surface area contributed by atoms with Gasteiger partial charge < -0.3 is 10.6 Å². The van der Waals surface area contributed by atoms with Gasteiger partial charge in [0.15, 0.2) is 0 Å². The second-order valence-corrected chi connectivity index (χ2v) is 3.51. The number of nitrogens with zero attached hydrogens (tertiary/aromatic N) is 3. The zero-order chi connectivity index (χ0) is 10.8. The van der Waals surface area contributed by atoms with E-state index >= 15 is 0 Å². The number of aromatic nitrogens is 3. The highest BCUT2D eigenvalue weighted by molar-refractivity contribution is 4.57. The molecule has 0 saturated heterocycles. The van der Waals surface area contributed by atoms with Crippen molar-refractivity contribution in [2.75, 3.05) is 26.2 Å². The molecule has 0 fully saturated rings. The lowest BCUT2D eigenvalue weighted by Crippen LogP contribution is -2.25. The maximum atomic E-state index is 4.03. The molecule has 0 spiro atoms. The van der Waals surface area contributed by atoms with Crippen molar-refractivity contribution in [1.29, 1.82) is 0 Å². The van der Waals surface area contributed by atoms with Gasteiger partial charge >= 0.3 is 0 Å². The van der Waals surface area contributed by atoms with E-state index in [0.717, 1.165) is 32.7 Å². The third-order valence-electron chi connectivity index (χ3n) is 2.12. The molecule has 0 aliphatic carbocycles. The van der Waals surface area contributed by atoms with Gasteiger partial charge in [-0.2, -0.15) is 5.10 Å². The maximum absolute atomic E-state index is 4.03. The number of rotatable bonds is 9. The molecule has 1 heterocycles. The molecule has 1 aromatic heterocycles. The first-order valence-corrected chi connectivity index (χ1v) is 5.67. The van der Waals surface area contributed by atoms with Crippen molar-refractivity contribution in [3.8, 4) is 0 Å². The molecule has 1 rings (SSSR count). The Morgan fingerprint density at radius 3 is 2.60 bits per heavy atom. The van der Waals surface area contributed by atoms with Gasteiger partial charge in [0.2, 0.25) is 0 Å². The summed E-state index contributed by atoms with van der Waals surface area (Å²) in [6.45, 7) is 7.32. The Labute approximate surface area is 91.3 Å². The molecule has 0 atom stereocenters. The second-order valence-electron chi connectivity index (χ2n) is 3.51. The zero-order valence-corrected chi connectivity index (χ0v) is 9.45. The largest absolute Gasteiger partial charge is 0.317 e. The van der Waals surface area contributed by atoms with Crippen LogP contribution in [0.25, 0.3) is 0 Å². The van der Waals surface area contributed by atoms with Crippen LogP contribution in [0, 0.1) is 0 Å². The first-order chi connectivity index (χ1) is 7.43. The Morgan fingerprint density at radius 1 is 1.13 bits per heavy atom. The van der Waals surface area contributed by atoms with Crippen molar-refractivity contribution in [3.05, 3.63) is 12.7 Å². The molecule has 15 heavy (non-hydrogen) atoms. The number of nitrogens with one attached hydrogen (secondary N) is 2. The predicted molar refractivity (Wildman–Crippen MR) is 60.7 cm³/mol. The van der Waals surface area contributed by atoms with E-state index in [1.54, 1.807) is 12.7 Å². The lowest BCUT2D eigenvalue weighted by molar-refractivity contribution is 0.535. The highest BCUT2D eigenvalue weighted by Crippen LogP contribution is 1.79. The average molecular weight is 211 g/mol. The van der Waals surface area contributed by atoms with Crippen molar-refractivity contribution >= 4 is 0 Å². The normalized spacial score (nSPS) is 10.7. The summed E-state index contributed by atoms with van der Waals surface area (Å²) in [5.41, 5.74) is 0. The van der Waals surface area contributed by atoms with Gasteiger partial charge in [0.1, 0.15) is 12.7 Å². The topological polar surface area (TPSA) is 54.8 Å². The third-order valence-corrected chi connectivity index (χ3v) is 2.12. The standard InChI is InChI=1S/C10H21N5/c1-2-4-11-5-3-6-12-7-8-15-10-13-9-14-15/h9-12H,2-8H2,1H3. The summed E-state index contributed by atoms with van der Waals surface area (Å²) in [5.74, 6) is 0. The van der Waals surface area contributed by atoms with Gasteiger partial charge in [-0.15, -0.1) is 0 Å². The van der Waals surface area contributed by atoms with Crippen LogP contribution in [0.2, 0.25) is 0 Å². The Bertz CT molecular complexity index is 222. The molecule has 0 saturated carbocycles. The van der Waals surface area contributed by atoms with Gasteiger partial charge in [0.05, 0.1) is 6.54 Å². The molecular formula is C10H21N5. The van der Waals surface area contributed by atoms with E-state index in [1.165, 1.54) is 12.8 Å². The first-order valence-electron chi connectivity index (χ1n) is 5.67. The molecule has 0 aromatic carbocycles. The summed E-state index contributed by atoms with van der Waals surface area (Å²) in [6, 6.07) is 0. The summed E-state index contributed by atoms with van der Waals surface area (Å²) in [7, 11) is 0. The molecule has 0 unspecified atom stereocenters. The van der Waals surface area contributed by atoms with Crippen molar-refractivity contribution in [1.82, 2.24) is 25.4 Å². The molecule has 2 N–H and O–H groups in total. The number of hydrogen-bond donors (Lipinski definition) is 2. The first kappa shape index (κ1) is 12.1. The maximum Gasteiger partial charge on any atom is 0.137 e. The molecule has 86 valence electrons. The summed E-state index contributed by atoms with van der Waals surface area (Å²) < 4.78 is 1.84. The Balaban J connectivity index is 1.81. The van der Waals surface area contributed by atoms with Gasteiger partial charge in [-0.3, -0.25) is 4.68 Å². The lowest BCUT2D eigenvalue weighted by atomic mass is 10.4. The lowest BCUT2D eigenvalue weighted by Gasteiger charge is -2.05. The van der Waals surface area contributed by atoms with E-state index in [9.17, 15) is 0 Å². The SMILES string of the molecule is CCCNCCCNCCn1cncn1. The molecule has 5 nitrogen and oxygen atoms in total. The van der Waals surface area contributed by atoms with E-state index < -0.39 is 0 Å². The second kappa shape index (κ2) is 8.38. The molecular weight excluding hydrogens is 190 g/mol. The minimum Gasteiger partial charge on any atom is -0.317 e. The van der Waals surface area contributed by atoms with Crippen LogP contribution >= 0.6 is 0 Å². The van der Waals surface area contributed by atoms with E-state index in [4.69, 9.17) is 0 Å². The van der Waals surface area contributed by atoms with Crippen LogP contribution in [-0.4, -0.2) is 40.9 Å². The smallest absolute Gasteiger partial charge is 0.137 e. The third kappa shape index (κ3) is 6.19. The summed E-state index contributed by atoms with van der Waals surface area (Å²) in [6.07, 6.45) is 5.69. The van der Waals surface area contributed by atoms with Crippen LogP contribution in [0.4, 0.5) is 0 Å². The van der Waals surface area contributed by atoms with Crippen molar-refractivity contribution in [2.45, 2.75) is 26.3 Å². The minimum absolute atomic E-state index is 0.891. The van der Waals surface area contributed by atoms with Crippen molar-refractivity contribution < 1.29 is 0 Å². The fourth-order valence-corrected chi connectivity index (χ4v) is 1.31. The van der Waals surface area contributed by atoms with Crippen LogP contribution in [0.15, 0.2) is 12.7 Å². The summed E-state index contributed by atoms with van der Waals surface area (Å²) in [4.78, 5) is 3.89. The molecule has 0 bridgehead atoms. The van der Waals surface area contributed by atoms with Crippen molar-refractivity contribution in [2.24, 2.45) is 0 Å². The molecule has 0 aliphatic rings. The average Bonchev–Trinajstić information content (AvgIpc) is 2.75. The van der Waals surface area contributed by atoms with Crippen LogP contribution in [-0.2, 0) is 6.54 Å².